The summed E-state index contributed by atoms with van der Waals surface area (Å²) in [6, 6.07) is 0.705. The number of hydrogen-bond acceptors (Lipinski definition) is 2. The summed E-state index contributed by atoms with van der Waals surface area (Å²) in [7, 11) is 0. The molecule has 3 N–H and O–H groups in total. The largest absolute Gasteiger partial charge is 0.335 e. The number of amides is 2. The zero-order valence-electron chi connectivity index (χ0n) is 9.24. The molecule has 1 saturated carbocycles. The highest BCUT2D eigenvalue weighted by molar-refractivity contribution is 5.74. The second kappa shape index (κ2) is 4.84. The molecule has 4 nitrogen and oxygen atoms in total. The van der Waals surface area contributed by atoms with Gasteiger partial charge in [-0.15, -0.1) is 0 Å². The second-order valence-corrected chi connectivity index (χ2v) is 4.77. The van der Waals surface area contributed by atoms with E-state index in [2.05, 4.69) is 5.32 Å². The first-order valence-corrected chi connectivity index (χ1v) is 6.07. The van der Waals surface area contributed by atoms with E-state index in [1.54, 1.807) is 0 Å². The third-order valence-corrected chi connectivity index (χ3v) is 3.44. The standard InChI is InChI=1S/C11H21N3O/c12-9-4-3-5-10(8-9)13-11(15)14-6-1-2-7-14/h9-10H,1-8,12H2,(H,13,15)/t9-,10+/m1/s1. The van der Waals surface area contributed by atoms with Crippen molar-refractivity contribution in [1.29, 1.82) is 0 Å². The fourth-order valence-electron chi connectivity index (χ4n) is 2.54. The summed E-state index contributed by atoms with van der Waals surface area (Å²) in [6.07, 6.45) is 6.59. The molecule has 1 heterocycles. The Morgan fingerprint density at radius 2 is 1.93 bits per heavy atom. The van der Waals surface area contributed by atoms with Crippen molar-refractivity contribution in [2.45, 2.75) is 50.6 Å². The molecule has 2 atom stereocenters. The van der Waals surface area contributed by atoms with E-state index >= 15 is 0 Å². The maximum atomic E-state index is 11.8. The lowest BCUT2D eigenvalue weighted by Gasteiger charge is -2.29. The highest BCUT2D eigenvalue weighted by atomic mass is 16.2. The Kier molecular flexibility index (Phi) is 3.46. The Hall–Kier alpha value is -0.770. The smallest absolute Gasteiger partial charge is 0.317 e. The minimum atomic E-state index is 0.117. The number of carbonyl (C=O) groups excluding carboxylic acids is 1. The fourth-order valence-corrected chi connectivity index (χ4v) is 2.54. The predicted molar refractivity (Wildman–Crippen MR) is 59.6 cm³/mol. The number of nitrogens with one attached hydrogen (secondary N) is 1. The summed E-state index contributed by atoms with van der Waals surface area (Å²) in [6.45, 7) is 1.84. The minimum Gasteiger partial charge on any atom is -0.335 e. The number of nitrogens with two attached hydrogens (primary N) is 1. The molecular formula is C11H21N3O. The summed E-state index contributed by atoms with van der Waals surface area (Å²) in [5, 5.41) is 3.10. The Morgan fingerprint density at radius 1 is 1.20 bits per heavy atom. The van der Waals surface area contributed by atoms with E-state index in [9.17, 15) is 4.79 Å². The normalized spacial score (nSPS) is 31.7. The van der Waals surface area contributed by atoms with Gasteiger partial charge in [0, 0.05) is 25.2 Å². The number of nitrogens with zero attached hydrogens (tertiary/aromatic N) is 1. The van der Waals surface area contributed by atoms with Crippen molar-refractivity contribution < 1.29 is 4.79 Å². The van der Waals surface area contributed by atoms with Crippen LogP contribution in [0.25, 0.3) is 0 Å². The molecule has 2 fully saturated rings. The predicted octanol–water partition coefficient (Wildman–Crippen LogP) is 1.06. The zero-order chi connectivity index (χ0) is 10.7. The van der Waals surface area contributed by atoms with Gasteiger partial charge < -0.3 is 16.0 Å². The molecular weight excluding hydrogens is 190 g/mol. The van der Waals surface area contributed by atoms with Gasteiger partial charge in [-0.05, 0) is 38.5 Å². The molecule has 0 aromatic rings. The molecule has 4 heteroatoms. The van der Waals surface area contributed by atoms with Crippen LogP contribution in [0.1, 0.15) is 38.5 Å². The van der Waals surface area contributed by atoms with Gasteiger partial charge in [-0.25, -0.2) is 4.79 Å². The molecule has 0 spiro atoms. The number of rotatable bonds is 1. The van der Waals surface area contributed by atoms with Crippen molar-refractivity contribution in [3.05, 3.63) is 0 Å². The fraction of sp³-hybridized carbons (Fsp3) is 0.909. The molecule has 15 heavy (non-hydrogen) atoms. The Labute approximate surface area is 91.2 Å². The maximum Gasteiger partial charge on any atom is 0.317 e. The first kappa shape index (κ1) is 10.7. The molecule has 0 aromatic heterocycles. The van der Waals surface area contributed by atoms with E-state index in [1.165, 1.54) is 0 Å². The van der Waals surface area contributed by atoms with Crippen molar-refractivity contribution in [3.63, 3.8) is 0 Å². The van der Waals surface area contributed by atoms with Crippen LogP contribution < -0.4 is 11.1 Å². The molecule has 0 bridgehead atoms. The molecule has 2 aliphatic rings. The number of urea groups is 1. The van der Waals surface area contributed by atoms with Gasteiger partial charge in [-0.3, -0.25) is 0 Å². The molecule has 2 rings (SSSR count). The lowest BCUT2D eigenvalue weighted by molar-refractivity contribution is 0.199. The Balaban J connectivity index is 1.77. The molecule has 0 radical (unpaired) electrons. The van der Waals surface area contributed by atoms with Gasteiger partial charge in [0.1, 0.15) is 0 Å². The van der Waals surface area contributed by atoms with Gasteiger partial charge in [-0.2, -0.15) is 0 Å². The van der Waals surface area contributed by atoms with Crippen molar-refractivity contribution in [2.75, 3.05) is 13.1 Å². The topological polar surface area (TPSA) is 58.4 Å². The van der Waals surface area contributed by atoms with E-state index in [0.29, 0.717) is 6.04 Å². The highest BCUT2D eigenvalue weighted by Gasteiger charge is 2.24. The van der Waals surface area contributed by atoms with Crippen LogP contribution in [-0.4, -0.2) is 36.1 Å². The molecule has 2 amide bonds. The highest BCUT2D eigenvalue weighted by Crippen LogP contribution is 2.17. The van der Waals surface area contributed by atoms with Crippen molar-refractivity contribution in [1.82, 2.24) is 10.2 Å². The van der Waals surface area contributed by atoms with E-state index in [-0.39, 0.29) is 12.1 Å². The summed E-state index contributed by atoms with van der Waals surface area (Å²) < 4.78 is 0. The molecule has 1 aliphatic heterocycles. The van der Waals surface area contributed by atoms with Gasteiger partial charge in [0.05, 0.1) is 0 Å². The number of carbonyl (C=O) groups is 1. The molecule has 86 valence electrons. The summed E-state index contributed by atoms with van der Waals surface area (Å²) in [4.78, 5) is 13.7. The Morgan fingerprint density at radius 3 is 2.60 bits per heavy atom. The molecule has 1 aliphatic carbocycles. The van der Waals surface area contributed by atoms with Crippen LogP contribution in [0.5, 0.6) is 0 Å². The van der Waals surface area contributed by atoms with Gasteiger partial charge in [0.25, 0.3) is 0 Å². The average molecular weight is 211 g/mol. The van der Waals surface area contributed by atoms with Crippen LogP contribution in [0, 0.1) is 0 Å². The minimum absolute atomic E-state index is 0.117. The van der Waals surface area contributed by atoms with Crippen molar-refractivity contribution >= 4 is 6.03 Å². The van der Waals surface area contributed by atoms with E-state index in [1.807, 2.05) is 4.90 Å². The number of likely N-dealkylation sites (tertiary alicyclic amines) is 1. The first-order valence-electron chi connectivity index (χ1n) is 6.07. The molecule has 0 aromatic carbocycles. The van der Waals surface area contributed by atoms with Crippen LogP contribution in [0.2, 0.25) is 0 Å². The van der Waals surface area contributed by atoms with Gasteiger partial charge >= 0.3 is 6.03 Å². The summed E-state index contributed by atoms with van der Waals surface area (Å²) >= 11 is 0. The molecule has 1 saturated heterocycles. The van der Waals surface area contributed by atoms with Crippen LogP contribution in [-0.2, 0) is 0 Å². The second-order valence-electron chi connectivity index (χ2n) is 4.77. The number of hydrogen-bond donors (Lipinski definition) is 2. The quantitative estimate of drug-likeness (QED) is 0.681. The monoisotopic (exact) mass is 211 g/mol. The lowest BCUT2D eigenvalue weighted by atomic mass is 9.92. The lowest BCUT2D eigenvalue weighted by Crippen LogP contribution is -2.47. The van der Waals surface area contributed by atoms with Gasteiger partial charge in [0.15, 0.2) is 0 Å². The van der Waals surface area contributed by atoms with Crippen molar-refractivity contribution in [3.8, 4) is 0 Å². The maximum absolute atomic E-state index is 11.8. The third-order valence-electron chi connectivity index (χ3n) is 3.44. The third kappa shape index (κ3) is 2.84. The van der Waals surface area contributed by atoms with Crippen LogP contribution in [0.15, 0.2) is 0 Å². The van der Waals surface area contributed by atoms with Crippen LogP contribution in [0.3, 0.4) is 0 Å². The van der Waals surface area contributed by atoms with Gasteiger partial charge in [-0.1, -0.05) is 0 Å². The SMILES string of the molecule is N[C@@H]1CCC[C@H](NC(=O)N2CCCC2)C1. The van der Waals surface area contributed by atoms with E-state index in [4.69, 9.17) is 5.73 Å². The van der Waals surface area contributed by atoms with Crippen LogP contribution >= 0.6 is 0 Å². The zero-order valence-corrected chi connectivity index (χ0v) is 9.24. The van der Waals surface area contributed by atoms with E-state index in [0.717, 1.165) is 51.6 Å². The molecule has 0 unspecified atom stereocenters. The van der Waals surface area contributed by atoms with Crippen molar-refractivity contribution in [2.24, 2.45) is 5.73 Å². The van der Waals surface area contributed by atoms with Gasteiger partial charge in [0.2, 0.25) is 0 Å². The Bertz CT molecular complexity index is 226. The van der Waals surface area contributed by atoms with E-state index < -0.39 is 0 Å². The van der Waals surface area contributed by atoms with Crippen LogP contribution in [0.4, 0.5) is 4.79 Å². The summed E-state index contributed by atoms with van der Waals surface area (Å²) in [5.74, 6) is 0. The first-order chi connectivity index (χ1) is 7.25. The summed E-state index contributed by atoms with van der Waals surface area (Å²) in [5.41, 5.74) is 5.89. The average Bonchev–Trinajstić information content (AvgIpc) is 2.70.